The number of amides is 2. The highest BCUT2D eigenvalue weighted by atomic mass is 16.2. The summed E-state index contributed by atoms with van der Waals surface area (Å²) in [5, 5.41) is 2.99. The number of carbonyl (C=O) groups is 2. The molecule has 6 heteroatoms. The summed E-state index contributed by atoms with van der Waals surface area (Å²) >= 11 is 0. The van der Waals surface area contributed by atoms with Crippen molar-refractivity contribution in [2.75, 3.05) is 13.1 Å². The van der Waals surface area contributed by atoms with Gasteiger partial charge in [-0.05, 0) is 19.3 Å². The van der Waals surface area contributed by atoms with Crippen LogP contribution in [0.15, 0.2) is 18.7 Å². The van der Waals surface area contributed by atoms with Crippen LogP contribution in [-0.2, 0) is 16.1 Å². The minimum Gasteiger partial charge on any atom is -0.342 e. The Labute approximate surface area is 124 Å². The molecule has 0 aromatic carbocycles. The highest BCUT2D eigenvalue weighted by Crippen LogP contribution is 2.33. The molecule has 0 radical (unpaired) electrons. The van der Waals surface area contributed by atoms with Gasteiger partial charge in [0.1, 0.15) is 5.54 Å². The molecule has 1 aromatic rings. The van der Waals surface area contributed by atoms with E-state index in [-0.39, 0.29) is 11.8 Å². The first-order valence-corrected chi connectivity index (χ1v) is 7.76. The van der Waals surface area contributed by atoms with Gasteiger partial charge in [-0.25, -0.2) is 4.98 Å². The van der Waals surface area contributed by atoms with E-state index in [9.17, 15) is 9.59 Å². The lowest BCUT2D eigenvalue weighted by atomic mass is 9.96. The molecule has 2 heterocycles. The summed E-state index contributed by atoms with van der Waals surface area (Å²) in [4.78, 5) is 30.6. The zero-order chi connectivity index (χ0) is 14.7. The van der Waals surface area contributed by atoms with Crippen LogP contribution in [0.4, 0.5) is 0 Å². The van der Waals surface area contributed by atoms with Gasteiger partial charge in [-0.3, -0.25) is 9.59 Å². The molecule has 1 spiro atoms. The first kappa shape index (κ1) is 14.1. The minimum atomic E-state index is -0.609. The van der Waals surface area contributed by atoms with Crippen LogP contribution in [0.2, 0.25) is 0 Å². The largest absolute Gasteiger partial charge is 0.342 e. The molecule has 3 rings (SSSR count). The molecule has 21 heavy (non-hydrogen) atoms. The van der Waals surface area contributed by atoms with Crippen molar-refractivity contribution >= 4 is 11.8 Å². The molecule has 0 unspecified atom stereocenters. The first-order valence-electron chi connectivity index (χ1n) is 7.76. The molecule has 2 aliphatic rings. The Balaban J connectivity index is 1.63. The van der Waals surface area contributed by atoms with Crippen LogP contribution in [0.1, 0.15) is 38.5 Å². The van der Waals surface area contributed by atoms with Crippen molar-refractivity contribution in [2.45, 2.75) is 50.6 Å². The van der Waals surface area contributed by atoms with E-state index in [1.54, 1.807) is 12.5 Å². The van der Waals surface area contributed by atoms with Gasteiger partial charge in [0.2, 0.25) is 11.8 Å². The number of aryl methyl sites for hydroxylation is 1. The average Bonchev–Trinajstić information content (AvgIpc) is 3.11. The molecule has 6 nitrogen and oxygen atoms in total. The zero-order valence-corrected chi connectivity index (χ0v) is 12.3. The Bertz CT molecular complexity index is 506. The van der Waals surface area contributed by atoms with Crippen LogP contribution in [0.5, 0.6) is 0 Å². The molecule has 1 saturated carbocycles. The third-order valence-electron chi connectivity index (χ3n) is 4.54. The molecule has 1 aliphatic heterocycles. The summed E-state index contributed by atoms with van der Waals surface area (Å²) in [6.07, 6.45) is 10.4. The maximum absolute atomic E-state index is 12.8. The van der Waals surface area contributed by atoms with E-state index in [2.05, 4.69) is 10.3 Å². The van der Waals surface area contributed by atoms with Gasteiger partial charge in [-0.15, -0.1) is 0 Å². The molecule has 1 saturated heterocycles. The predicted molar refractivity (Wildman–Crippen MR) is 77.4 cm³/mol. The van der Waals surface area contributed by atoms with Crippen molar-refractivity contribution in [3.8, 4) is 0 Å². The Hall–Kier alpha value is -1.85. The fourth-order valence-corrected chi connectivity index (χ4v) is 3.42. The standard InChI is InChI=1S/C15H22N4O2/c20-13-4-10-19(9-3-8-18-11-7-16-12-18)14(21)15(17-13)5-1-2-6-15/h7,11-12H,1-6,8-10H2,(H,17,20). The second kappa shape index (κ2) is 5.87. The van der Waals surface area contributed by atoms with E-state index in [1.807, 2.05) is 15.7 Å². The van der Waals surface area contributed by atoms with Crippen molar-refractivity contribution in [1.29, 1.82) is 0 Å². The van der Waals surface area contributed by atoms with Gasteiger partial charge in [0.05, 0.1) is 6.33 Å². The highest BCUT2D eigenvalue weighted by Gasteiger charge is 2.46. The van der Waals surface area contributed by atoms with Crippen molar-refractivity contribution in [1.82, 2.24) is 19.8 Å². The number of nitrogens with one attached hydrogen (secondary N) is 1. The molecule has 114 valence electrons. The number of rotatable bonds is 4. The van der Waals surface area contributed by atoms with E-state index >= 15 is 0 Å². The molecule has 2 amide bonds. The molecule has 0 bridgehead atoms. The average molecular weight is 290 g/mol. The molecule has 0 atom stereocenters. The number of carbonyl (C=O) groups excluding carboxylic acids is 2. The lowest BCUT2D eigenvalue weighted by Crippen LogP contribution is -2.55. The van der Waals surface area contributed by atoms with Crippen molar-refractivity contribution < 1.29 is 9.59 Å². The zero-order valence-electron chi connectivity index (χ0n) is 12.3. The Morgan fingerprint density at radius 3 is 2.76 bits per heavy atom. The van der Waals surface area contributed by atoms with E-state index < -0.39 is 5.54 Å². The van der Waals surface area contributed by atoms with Crippen LogP contribution >= 0.6 is 0 Å². The maximum Gasteiger partial charge on any atom is 0.248 e. The second-order valence-electron chi connectivity index (χ2n) is 6.03. The first-order chi connectivity index (χ1) is 10.2. The van der Waals surface area contributed by atoms with Gasteiger partial charge >= 0.3 is 0 Å². The van der Waals surface area contributed by atoms with Crippen molar-refractivity contribution in [2.24, 2.45) is 0 Å². The molecule has 1 N–H and O–H groups in total. The molecule has 2 fully saturated rings. The van der Waals surface area contributed by atoms with E-state index in [0.717, 1.165) is 38.6 Å². The van der Waals surface area contributed by atoms with Crippen molar-refractivity contribution in [3.05, 3.63) is 18.7 Å². The lowest BCUT2D eigenvalue weighted by Gasteiger charge is -2.31. The second-order valence-corrected chi connectivity index (χ2v) is 6.03. The van der Waals surface area contributed by atoms with Gasteiger partial charge in [0, 0.05) is 38.4 Å². The van der Waals surface area contributed by atoms with E-state index in [4.69, 9.17) is 0 Å². The summed E-state index contributed by atoms with van der Waals surface area (Å²) in [7, 11) is 0. The topological polar surface area (TPSA) is 67.2 Å². The Morgan fingerprint density at radius 1 is 1.24 bits per heavy atom. The minimum absolute atomic E-state index is 0.0161. The summed E-state index contributed by atoms with van der Waals surface area (Å²) in [6.45, 7) is 2.09. The Kier molecular flexibility index (Phi) is 3.94. The SMILES string of the molecule is O=C1CCN(CCCn2ccnc2)C(=O)C2(CCCC2)N1. The van der Waals surface area contributed by atoms with Gasteiger partial charge in [-0.2, -0.15) is 0 Å². The van der Waals surface area contributed by atoms with Crippen LogP contribution < -0.4 is 5.32 Å². The van der Waals surface area contributed by atoms with E-state index in [1.165, 1.54) is 0 Å². The fourth-order valence-electron chi connectivity index (χ4n) is 3.42. The van der Waals surface area contributed by atoms with Crippen LogP contribution in [0, 0.1) is 0 Å². The quantitative estimate of drug-likeness (QED) is 0.897. The van der Waals surface area contributed by atoms with E-state index in [0.29, 0.717) is 19.5 Å². The normalized spacial score (nSPS) is 21.6. The molecular weight excluding hydrogens is 268 g/mol. The predicted octanol–water partition coefficient (Wildman–Crippen LogP) is 0.934. The summed E-state index contributed by atoms with van der Waals surface area (Å²) in [5.41, 5.74) is -0.609. The smallest absolute Gasteiger partial charge is 0.248 e. The Morgan fingerprint density at radius 2 is 2.05 bits per heavy atom. The fraction of sp³-hybridized carbons (Fsp3) is 0.667. The lowest BCUT2D eigenvalue weighted by molar-refractivity contribution is -0.138. The van der Waals surface area contributed by atoms with Crippen molar-refractivity contribution in [3.63, 3.8) is 0 Å². The summed E-state index contributed by atoms with van der Waals surface area (Å²) in [6, 6.07) is 0. The van der Waals surface area contributed by atoms with Gasteiger partial charge in [0.25, 0.3) is 0 Å². The van der Waals surface area contributed by atoms with Crippen LogP contribution in [0.25, 0.3) is 0 Å². The monoisotopic (exact) mass is 290 g/mol. The highest BCUT2D eigenvalue weighted by molar-refractivity contribution is 5.93. The maximum atomic E-state index is 12.8. The molecule has 1 aromatic heterocycles. The van der Waals surface area contributed by atoms with Crippen LogP contribution in [-0.4, -0.2) is 44.9 Å². The van der Waals surface area contributed by atoms with Gasteiger partial charge < -0.3 is 14.8 Å². The van der Waals surface area contributed by atoms with Gasteiger partial charge in [0.15, 0.2) is 0 Å². The molecule has 1 aliphatic carbocycles. The number of hydrogen-bond acceptors (Lipinski definition) is 3. The summed E-state index contributed by atoms with van der Waals surface area (Å²) < 4.78 is 2.01. The molecular formula is C15H22N4O2. The number of aromatic nitrogens is 2. The third-order valence-corrected chi connectivity index (χ3v) is 4.54. The van der Waals surface area contributed by atoms with Crippen LogP contribution in [0.3, 0.4) is 0 Å². The summed E-state index contributed by atoms with van der Waals surface area (Å²) in [5.74, 6) is 0.138. The number of nitrogens with zero attached hydrogens (tertiary/aromatic N) is 3. The number of hydrogen-bond donors (Lipinski definition) is 1. The third kappa shape index (κ3) is 2.94. The van der Waals surface area contributed by atoms with Gasteiger partial charge in [-0.1, -0.05) is 12.8 Å². The number of imidazole rings is 1.